The van der Waals surface area contributed by atoms with E-state index in [4.69, 9.17) is 5.11 Å². The van der Waals surface area contributed by atoms with Crippen LogP contribution in [0.25, 0.3) is 0 Å². The molecule has 0 unspecified atom stereocenters. The van der Waals surface area contributed by atoms with Crippen LogP contribution in [-0.2, 0) is 9.59 Å². The summed E-state index contributed by atoms with van der Waals surface area (Å²) >= 11 is 0. The number of carboxylic acid groups (broad SMARTS) is 1. The molecule has 2 atom stereocenters. The van der Waals surface area contributed by atoms with Crippen LogP contribution in [-0.4, -0.2) is 46.8 Å². The molecule has 0 bridgehead atoms. The third kappa shape index (κ3) is 3.29. The molecule has 0 aliphatic carbocycles. The summed E-state index contributed by atoms with van der Waals surface area (Å²) in [7, 11) is 0. The molecule has 10 heteroatoms. The van der Waals surface area contributed by atoms with E-state index in [9.17, 15) is 35.9 Å². The smallest absolute Gasteiger partial charge is 0.471 e. The summed E-state index contributed by atoms with van der Waals surface area (Å²) in [5, 5.41) is 8.66. The topological polar surface area (TPSA) is 57.6 Å². The molecule has 0 aromatic heterocycles. The zero-order valence-corrected chi connectivity index (χ0v) is 9.25. The van der Waals surface area contributed by atoms with Gasteiger partial charge in [0.2, 0.25) is 0 Å². The SMILES string of the molecule is O=C(O)[C@H]1CCCN(C(=O)C(F)(F)F)[C@H]1C(F)(F)F. The van der Waals surface area contributed by atoms with E-state index in [1.165, 1.54) is 0 Å². The van der Waals surface area contributed by atoms with Crippen LogP contribution >= 0.6 is 0 Å². The molecule has 1 heterocycles. The van der Waals surface area contributed by atoms with Crippen molar-refractivity contribution >= 4 is 11.9 Å². The number of aliphatic carboxylic acids is 1. The van der Waals surface area contributed by atoms with Crippen molar-refractivity contribution in [2.24, 2.45) is 5.92 Å². The van der Waals surface area contributed by atoms with Gasteiger partial charge in [-0.25, -0.2) is 0 Å². The second-order valence-corrected chi connectivity index (χ2v) is 4.07. The van der Waals surface area contributed by atoms with Gasteiger partial charge in [0.1, 0.15) is 6.04 Å². The van der Waals surface area contributed by atoms with Crippen LogP contribution in [0.2, 0.25) is 0 Å². The maximum atomic E-state index is 12.7. The van der Waals surface area contributed by atoms with Gasteiger partial charge in [-0.05, 0) is 12.8 Å². The van der Waals surface area contributed by atoms with Gasteiger partial charge in [-0.2, -0.15) is 26.3 Å². The average molecular weight is 293 g/mol. The number of carboxylic acids is 1. The van der Waals surface area contributed by atoms with Crippen LogP contribution in [0.15, 0.2) is 0 Å². The third-order valence-electron chi connectivity index (χ3n) is 2.79. The van der Waals surface area contributed by atoms with E-state index in [2.05, 4.69) is 0 Å². The summed E-state index contributed by atoms with van der Waals surface area (Å²) in [5.74, 6) is -6.62. The third-order valence-corrected chi connectivity index (χ3v) is 2.79. The molecule has 1 aliphatic rings. The Morgan fingerprint density at radius 2 is 1.63 bits per heavy atom. The molecule has 19 heavy (non-hydrogen) atoms. The Morgan fingerprint density at radius 3 is 2.00 bits per heavy atom. The Kier molecular flexibility index (Phi) is 4.01. The van der Waals surface area contributed by atoms with Crippen molar-refractivity contribution in [1.82, 2.24) is 4.90 Å². The highest BCUT2D eigenvalue weighted by Gasteiger charge is 2.57. The number of halogens is 6. The van der Waals surface area contributed by atoms with Crippen LogP contribution in [0.4, 0.5) is 26.3 Å². The van der Waals surface area contributed by atoms with E-state index in [0.29, 0.717) is 0 Å². The predicted molar refractivity (Wildman–Crippen MR) is 48.0 cm³/mol. The van der Waals surface area contributed by atoms with Gasteiger partial charge >= 0.3 is 24.2 Å². The van der Waals surface area contributed by atoms with Crippen molar-refractivity contribution in [3.8, 4) is 0 Å². The first kappa shape index (κ1) is 15.6. The molecule has 1 saturated heterocycles. The summed E-state index contributed by atoms with van der Waals surface area (Å²) in [6.45, 7) is -0.772. The van der Waals surface area contributed by atoms with Crippen LogP contribution in [0, 0.1) is 5.92 Å². The van der Waals surface area contributed by atoms with Gasteiger partial charge in [-0.1, -0.05) is 0 Å². The Labute approximate surface area is 103 Å². The number of carbonyl (C=O) groups is 2. The van der Waals surface area contributed by atoms with Gasteiger partial charge in [-0.3, -0.25) is 9.59 Å². The normalized spacial score (nSPS) is 25.3. The minimum atomic E-state index is -5.47. The zero-order chi connectivity index (χ0) is 15.0. The second-order valence-electron chi connectivity index (χ2n) is 4.07. The molecular weight excluding hydrogens is 284 g/mol. The number of hydrogen-bond donors (Lipinski definition) is 1. The summed E-state index contributed by atoms with van der Waals surface area (Å²) in [6.07, 6.45) is -11.4. The van der Waals surface area contributed by atoms with E-state index in [-0.39, 0.29) is 6.42 Å². The minimum absolute atomic E-state index is 0.231. The van der Waals surface area contributed by atoms with Gasteiger partial charge < -0.3 is 10.0 Å². The highest BCUT2D eigenvalue weighted by molar-refractivity contribution is 5.83. The van der Waals surface area contributed by atoms with Gasteiger partial charge in [0.15, 0.2) is 0 Å². The van der Waals surface area contributed by atoms with Gasteiger partial charge in [0.25, 0.3) is 0 Å². The first-order chi connectivity index (χ1) is 8.46. The van der Waals surface area contributed by atoms with Crippen LogP contribution in [0.3, 0.4) is 0 Å². The number of likely N-dealkylation sites (tertiary alicyclic amines) is 1. The van der Waals surface area contributed by atoms with Gasteiger partial charge in [-0.15, -0.1) is 0 Å². The van der Waals surface area contributed by atoms with Gasteiger partial charge in [0.05, 0.1) is 5.92 Å². The highest BCUT2D eigenvalue weighted by atomic mass is 19.4. The fourth-order valence-corrected chi connectivity index (χ4v) is 2.05. The van der Waals surface area contributed by atoms with Crippen molar-refractivity contribution in [2.45, 2.75) is 31.2 Å². The van der Waals surface area contributed by atoms with Crippen LogP contribution < -0.4 is 0 Å². The summed E-state index contributed by atoms with van der Waals surface area (Å²) < 4.78 is 74.8. The van der Waals surface area contributed by atoms with E-state index < -0.39 is 54.1 Å². The minimum Gasteiger partial charge on any atom is -0.481 e. The number of hydrogen-bond acceptors (Lipinski definition) is 2. The Hall–Kier alpha value is -1.48. The van der Waals surface area contributed by atoms with Crippen molar-refractivity contribution < 1.29 is 41.0 Å². The molecule has 1 N–H and O–H groups in total. The molecule has 0 aromatic carbocycles. The Balaban J connectivity index is 3.14. The zero-order valence-electron chi connectivity index (χ0n) is 9.25. The number of piperidine rings is 1. The predicted octanol–water partition coefficient (Wildman–Crippen LogP) is 1.80. The van der Waals surface area contributed by atoms with E-state index >= 15 is 0 Å². The van der Waals surface area contributed by atoms with Crippen molar-refractivity contribution in [3.05, 3.63) is 0 Å². The first-order valence-corrected chi connectivity index (χ1v) is 5.13. The Bertz CT molecular complexity index is 377. The maximum absolute atomic E-state index is 12.7. The second kappa shape index (κ2) is 4.89. The van der Waals surface area contributed by atoms with Crippen molar-refractivity contribution in [1.29, 1.82) is 0 Å². The highest BCUT2D eigenvalue weighted by Crippen LogP contribution is 2.37. The molecule has 0 spiro atoms. The Morgan fingerprint density at radius 1 is 1.11 bits per heavy atom. The lowest BCUT2D eigenvalue weighted by molar-refractivity contribution is -0.229. The van der Waals surface area contributed by atoms with E-state index in [0.717, 1.165) is 0 Å². The molecule has 1 fully saturated rings. The number of alkyl halides is 6. The molecule has 1 rings (SSSR count). The lowest BCUT2D eigenvalue weighted by Crippen LogP contribution is -2.60. The lowest BCUT2D eigenvalue weighted by atomic mass is 9.88. The van der Waals surface area contributed by atoms with Crippen molar-refractivity contribution in [3.63, 3.8) is 0 Å². The van der Waals surface area contributed by atoms with Crippen LogP contribution in [0.1, 0.15) is 12.8 Å². The molecule has 1 amide bonds. The number of amides is 1. The van der Waals surface area contributed by atoms with E-state index in [1.807, 2.05) is 0 Å². The largest absolute Gasteiger partial charge is 0.481 e. The lowest BCUT2D eigenvalue weighted by Gasteiger charge is -2.40. The molecule has 0 saturated carbocycles. The maximum Gasteiger partial charge on any atom is 0.471 e. The first-order valence-electron chi connectivity index (χ1n) is 5.13. The number of nitrogens with zero attached hydrogens (tertiary/aromatic N) is 1. The summed E-state index contributed by atoms with van der Waals surface area (Å²) in [5.41, 5.74) is 0. The molecule has 4 nitrogen and oxygen atoms in total. The molecule has 0 radical (unpaired) electrons. The fourth-order valence-electron chi connectivity index (χ4n) is 2.05. The number of rotatable bonds is 1. The fraction of sp³-hybridized carbons (Fsp3) is 0.778. The quantitative estimate of drug-likeness (QED) is 0.750. The monoisotopic (exact) mass is 293 g/mol. The molecule has 1 aliphatic heterocycles. The van der Waals surface area contributed by atoms with Gasteiger partial charge in [0, 0.05) is 6.54 Å². The molecule has 110 valence electrons. The molecular formula is C9H9F6NO3. The number of carbonyl (C=O) groups excluding carboxylic acids is 1. The van der Waals surface area contributed by atoms with E-state index in [1.54, 1.807) is 0 Å². The average Bonchev–Trinajstić information content (AvgIpc) is 2.24. The summed E-state index contributed by atoms with van der Waals surface area (Å²) in [6, 6.07) is -2.95. The standard InChI is InChI=1S/C9H9F6NO3/c10-8(11,12)5-4(6(17)18)2-1-3-16(5)7(19)9(13,14)15/h4-5H,1-3H2,(H,17,18)/t4-,5+/m0/s1. The molecule has 0 aromatic rings. The van der Waals surface area contributed by atoms with Crippen molar-refractivity contribution in [2.75, 3.05) is 6.54 Å². The summed E-state index contributed by atoms with van der Waals surface area (Å²) in [4.78, 5) is 21.2. The van der Waals surface area contributed by atoms with Crippen LogP contribution in [0.5, 0.6) is 0 Å².